The van der Waals surface area contributed by atoms with Crippen molar-refractivity contribution >= 4 is 26.7 Å². The van der Waals surface area contributed by atoms with Gasteiger partial charge in [0.05, 0.1) is 5.52 Å². The molecule has 5 nitrogen and oxygen atoms in total. The summed E-state index contributed by atoms with van der Waals surface area (Å²) in [5, 5.41) is 6.93. The summed E-state index contributed by atoms with van der Waals surface area (Å²) in [7, 11) is -4.42. The van der Waals surface area contributed by atoms with Crippen LogP contribution in [0.2, 0.25) is 0 Å². The van der Waals surface area contributed by atoms with Gasteiger partial charge in [0.15, 0.2) is 10.7 Å². The van der Waals surface area contributed by atoms with Crippen molar-refractivity contribution in [2.24, 2.45) is 0 Å². The van der Waals surface area contributed by atoms with Gasteiger partial charge < -0.3 is 0 Å². The summed E-state index contributed by atoms with van der Waals surface area (Å²) in [5.41, 5.74) is 0.601. The molecule has 0 radical (unpaired) electrons. The number of fused-ring (bicyclic) bond motifs is 1. The Kier molecular flexibility index (Phi) is 3.09. The summed E-state index contributed by atoms with van der Waals surface area (Å²) in [6, 6.07) is 9.61. The fourth-order valence-electron chi connectivity index (χ4n) is 1.96. The molecule has 21 heavy (non-hydrogen) atoms. The maximum atomic E-state index is 13.6. The van der Waals surface area contributed by atoms with E-state index in [1.165, 1.54) is 0 Å². The van der Waals surface area contributed by atoms with Gasteiger partial charge in [0.25, 0.3) is 10.0 Å². The summed E-state index contributed by atoms with van der Waals surface area (Å²) in [5.74, 6) is -2.35. The fourth-order valence-corrected chi connectivity index (χ4v) is 3.12. The van der Waals surface area contributed by atoms with E-state index in [-0.39, 0.29) is 5.82 Å². The average Bonchev–Trinajstić information content (AvgIpc) is 2.81. The molecule has 3 aromatic rings. The highest BCUT2D eigenvalue weighted by atomic mass is 32.2. The quantitative estimate of drug-likeness (QED) is 0.781. The molecule has 1 aromatic heterocycles. The standard InChI is InChI=1S/C13H9F2N3O2S/c14-9-5-3-6-10(15)12(9)21(19,20)18-13-8-4-1-2-7-11(8)16-17-13/h1-7H,(H2,16,17,18). The molecule has 0 spiro atoms. The van der Waals surface area contributed by atoms with Gasteiger partial charge in [0.1, 0.15) is 11.6 Å². The third kappa shape index (κ3) is 2.33. The Balaban J connectivity index is 2.08. The number of anilines is 1. The number of benzene rings is 2. The zero-order valence-electron chi connectivity index (χ0n) is 10.5. The van der Waals surface area contributed by atoms with Crippen LogP contribution in [-0.2, 0) is 10.0 Å². The summed E-state index contributed by atoms with van der Waals surface area (Å²) in [6.07, 6.45) is 0. The van der Waals surface area contributed by atoms with Gasteiger partial charge in [-0.2, -0.15) is 5.10 Å². The second kappa shape index (κ2) is 4.81. The van der Waals surface area contributed by atoms with Crippen LogP contribution in [0.3, 0.4) is 0 Å². The number of para-hydroxylation sites is 1. The summed E-state index contributed by atoms with van der Waals surface area (Å²) < 4.78 is 53.6. The van der Waals surface area contributed by atoms with Crippen molar-refractivity contribution in [3.8, 4) is 0 Å². The van der Waals surface area contributed by atoms with Crippen LogP contribution in [-0.4, -0.2) is 18.6 Å². The van der Waals surface area contributed by atoms with E-state index in [4.69, 9.17) is 0 Å². The fraction of sp³-hybridized carbons (Fsp3) is 0. The Morgan fingerprint density at radius 1 is 1.00 bits per heavy atom. The number of hydrogen-bond donors (Lipinski definition) is 2. The van der Waals surface area contributed by atoms with E-state index < -0.39 is 26.6 Å². The van der Waals surface area contributed by atoms with Crippen LogP contribution in [0.4, 0.5) is 14.6 Å². The number of rotatable bonds is 3. The second-order valence-electron chi connectivity index (χ2n) is 4.27. The highest BCUT2D eigenvalue weighted by Crippen LogP contribution is 2.25. The van der Waals surface area contributed by atoms with Crippen LogP contribution in [0, 0.1) is 11.6 Å². The van der Waals surface area contributed by atoms with E-state index in [1.54, 1.807) is 24.3 Å². The summed E-state index contributed by atoms with van der Waals surface area (Å²) >= 11 is 0. The molecule has 0 saturated heterocycles. The molecule has 2 aromatic carbocycles. The van der Waals surface area contributed by atoms with Crippen molar-refractivity contribution in [3.05, 3.63) is 54.1 Å². The first-order chi connectivity index (χ1) is 9.99. The number of aromatic amines is 1. The van der Waals surface area contributed by atoms with E-state index >= 15 is 0 Å². The van der Waals surface area contributed by atoms with Gasteiger partial charge in [0, 0.05) is 5.39 Å². The lowest BCUT2D eigenvalue weighted by Gasteiger charge is -2.07. The second-order valence-corrected chi connectivity index (χ2v) is 5.89. The smallest absolute Gasteiger partial charge is 0.268 e. The molecule has 0 atom stereocenters. The van der Waals surface area contributed by atoms with Crippen LogP contribution < -0.4 is 4.72 Å². The number of aromatic nitrogens is 2. The topological polar surface area (TPSA) is 74.8 Å². The molecule has 0 aliphatic carbocycles. The maximum Gasteiger partial charge on any atom is 0.268 e. The van der Waals surface area contributed by atoms with Crippen LogP contribution >= 0.6 is 0 Å². The van der Waals surface area contributed by atoms with Gasteiger partial charge >= 0.3 is 0 Å². The molecule has 0 aliphatic heterocycles. The molecule has 108 valence electrons. The third-order valence-electron chi connectivity index (χ3n) is 2.89. The molecule has 2 N–H and O–H groups in total. The molecule has 0 fully saturated rings. The molecule has 0 bridgehead atoms. The van der Waals surface area contributed by atoms with Gasteiger partial charge in [0.2, 0.25) is 0 Å². The van der Waals surface area contributed by atoms with E-state index in [0.717, 1.165) is 18.2 Å². The number of halogens is 2. The van der Waals surface area contributed by atoms with Gasteiger partial charge in [-0.25, -0.2) is 17.2 Å². The summed E-state index contributed by atoms with van der Waals surface area (Å²) in [6.45, 7) is 0. The Bertz CT molecular complexity index is 902. The van der Waals surface area contributed by atoms with Crippen molar-refractivity contribution < 1.29 is 17.2 Å². The Hall–Kier alpha value is -2.48. The molecule has 8 heteroatoms. The molecule has 0 unspecified atom stereocenters. The van der Waals surface area contributed by atoms with E-state index in [2.05, 4.69) is 14.9 Å². The minimum absolute atomic E-state index is 0.0201. The van der Waals surface area contributed by atoms with Crippen molar-refractivity contribution in [2.75, 3.05) is 4.72 Å². The predicted molar refractivity (Wildman–Crippen MR) is 73.3 cm³/mol. The Labute approximate surface area is 118 Å². The van der Waals surface area contributed by atoms with Crippen LogP contribution in [0.15, 0.2) is 47.4 Å². The normalized spacial score (nSPS) is 11.7. The SMILES string of the molecule is O=S(=O)(Nc1n[nH]c2ccccc12)c1c(F)cccc1F. The predicted octanol–water partition coefficient (Wildman–Crippen LogP) is 2.64. The number of nitrogens with one attached hydrogen (secondary N) is 2. The first kappa shape index (κ1) is 13.5. The molecule has 0 saturated carbocycles. The highest BCUT2D eigenvalue weighted by molar-refractivity contribution is 7.92. The van der Waals surface area contributed by atoms with Crippen LogP contribution in [0.5, 0.6) is 0 Å². The largest absolute Gasteiger partial charge is 0.276 e. The number of H-pyrrole nitrogens is 1. The zero-order valence-corrected chi connectivity index (χ0v) is 11.3. The van der Waals surface area contributed by atoms with Crippen molar-refractivity contribution in [1.29, 1.82) is 0 Å². The lowest BCUT2D eigenvalue weighted by atomic mass is 10.2. The van der Waals surface area contributed by atoms with Gasteiger partial charge in [-0.05, 0) is 24.3 Å². The third-order valence-corrected chi connectivity index (χ3v) is 4.28. The van der Waals surface area contributed by atoms with Crippen molar-refractivity contribution in [3.63, 3.8) is 0 Å². The molecule has 0 amide bonds. The summed E-state index contributed by atoms with van der Waals surface area (Å²) in [4.78, 5) is -1.03. The van der Waals surface area contributed by atoms with Crippen molar-refractivity contribution in [1.82, 2.24) is 10.2 Å². The highest BCUT2D eigenvalue weighted by Gasteiger charge is 2.25. The molecule has 0 aliphatic rings. The lowest BCUT2D eigenvalue weighted by Crippen LogP contribution is -2.16. The van der Waals surface area contributed by atoms with E-state index in [1.807, 2.05) is 0 Å². The monoisotopic (exact) mass is 309 g/mol. The number of nitrogens with zero attached hydrogens (tertiary/aromatic N) is 1. The molecular weight excluding hydrogens is 300 g/mol. The minimum Gasteiger partial charge on any atom is -0.276 e. The lowest BCUT2D eigenvalue weighted by molar-refractivity contribution is 0.521. The maximum absolute atomic E-state index is 13.6. The minimum atomic E-state index is -4.42. The molecule has 3 rings (SSSR count). The van der Waals surface area contributed by atoms with Crippen LogP contribution in [0.1, 0.15) is 0 Å². The first-order valence-corrected chi connectivity index (χ1v) is 7.37. The van der Waals surface area contributed by atoms with Crippen molar-refractivity contribution in [2.45, 2.75) is 4.90 Å². The van der Waals surface area contributed by atoms with Gasteiger partial charge in [-0.1, -0.05) is 18.2 Å². The van der Waals surface area contributed by atoms with Gasteiger partial charge in [-0.3, -0.25) is 9.82 Å². The Morgan fingerprint density at radius 3 is 2.38 bits per heavy atom. The molecular formula is C13H9F2N3O2S. The van der Waals surface area contributed by atoms with E-state index in [0.29, 0.717) is 10.9 Å². The van der Waals surface area contributed by atoms with Gasteiger partial charge in [-0.15, -0.1) is 0 Å². The number of sulfonamides is 1. The zero-order chi connectivity index (χ0) is 15.0. The van der Waals surface area contributed by atoms with Crippen LogP contribution in [0.25, 0.3) is 10.9 Å². The average molecular weight is 309 g/mol. The number of hydrogen-bond acceptors (Lipinski definition) is 3. The van der Waals surface area contributed by atoms with E-state index in [9.17, 15) is 17.2 Å². The first-order valence-electron chi connectivity index (χ1n) is 5.89. The Morgan fingerprint density at radius 2 is 1.67 bits per heavy atom. The molecule has 1 heterocycles.